The quantitative estimate of drug-likeness (QED) is 0.342. The SMILES string of the molecule is CCNC(=O)C(C)N(Cc1ccc(Cl)c(Cl)c1)C(=O)CN(c1ccc(Oc2ccccc2)cc1)S(C)(=O)=O. The summed E-state index contributed by atoms with van der Waals surface area (Å²) in [5, 5.41) is 3.36. The van der Waals surface area contributed by atoms with Gasteiger partial charge in [-0.05, 0) is 67.9 Å². The first kappa shape index (κ1) is 29.3. The number of nitrogens with zero attached hydrogens (tertiary/aromatic N) is 2. The van der Waals surface area contributed by atoms with Crippen LogP contribution in [0.15, 0.2) is 72.8 Å². The first-order valence-electron chi connectivity index (χ1n) is 11.8. The molecule has 38 heavy (non-hydrogen) atoms. The molecule has 1 atom stereocenters. The molecule has 1 N–H and O–H groups in total. The number of rotatable bonds is 11. The van der Waals surface area contributed by atoms with Gasteiger partial charge in [0.1, 0.15) is 24.1 Å². The van der Waals surface area contributed by atoms with Crippen molar-refractivity contribution in [2.45, 2.75) is 26.4 Å². The van der Waals surface area contributed by atoms with Gasteiger partial charge in [-0.15, -0.1) is 0 Å². The number of amides is 2. The minimum atomic E-state index is -3.85. The average molecular weight is 579 g/mol. The molecule has 11 heteroatoms. The Bertz CT molecular complexity index is 1370. The maximum Gasteiger partial charge on any atom is 0.244 e. The van der Waals surface area contributed by atoms with Crippen LogP contribution in [0.25, 0.3) is 0 Å². The van der Waals surface area contributed by atoms with E-state index in [-0.39, 0.29) is 18.1 Å². The van der Waals surface area contributed by atoms with E-state index in [9.17, 15) is 18.0 Å². The number of carbonyl (C=O) groups is 2. The second-order valence-corrected chi connectivity index (χ2v) is 11.2. The molecule has 3 aromatic rings. The molecule has 3 aromatic carbocycles. The number of hydrogen-bond acceptors (Lipinski definition) is 5. The zero-order chi connectivity index (χ0) is 27.9. The predicted octanol–water partition coefficient (Wildman–Crippen LogP) is 5.11. The lowest BCUT2D eigenvalue weighted by molar-refractivity contribution is -0.139. The van der Waals surface area contributed by atoms with Gasteiger partial charge in [0.15, 0.2) is 0 Å². The molecule has 1 unspecified atom stereocenters. The van der Waals surface area contributed by atoms with E-state index in [1.807, 2.05) is 18.2 Å². The Kier molecular flexibility index (Phi) is 10.0. The van der Waals surface area contributed by atoms with Gasteiger partial charge in [0.2, 0.25) is 21.8 Å². The van der Waals surface area contributed by atoms with Crippen LogP contribution in [0.4, 0.5) is 5.69 Å². The Hall–Kier alpha value is -3.27. The summed E-state index contributed by atoms with van der Waals surface area (Å²) in [5.74, 6) is 0.206. The molecule has 0 aliphatic heterocycles. The summed E-state index contributed by atoms with van der Waals surface area (Å²) < 4.78 is 32.2. The molecule has 202 valence electrons. The number of hydrogen-bond donors (Lipinski definition) is 1. The van der Waals surface area contributed by atoms with Gasteiger partial charge in [-0.25, -0.2) is 8.42 Å². The molecular formula is C27H29Cl2N3O5S. The van der Waals surface area contributed by atoms with Crippen molar-refractivity contribution in [3.05, 3.63) is 88.4 Å². The summed E-state index contributed by atoms with van der Waals surface area (Å²) in [6.45, 7) is 3.25. The van der Waals surface area contributed by atoms with Crippen LogP contribution in [0.1, 0.15) is 19.4 Å². The standard InChI is InChI=1S/C27H29Cl2N3O5S/c1-4-30-27(34)19(2)31(17-20-10-15-24(28)25(29)16-20)26(33)18-32(38(3,35)36)21-11-13-23(14-12-21)37-22-8-6-5-7-9-22/h5-16,19H,4,17-18H2,1-3H3,(H,30,34). The van der Waals surface area contributed by atoms with Crippen LogP contribution in [0, 0.1) is 0 Å². The third kappa shape index (κ3) is 7.86. The fourth-order valence-corrected chi connectivity index (χ4v) is 4.83. The third-order valence-electron chi connectivity index (χ3n) is 5.64. The molecule has 0 saturated carbocycles. The lowest BCUT2D eigenvalue weighted by Gasteiger charge is -2.31. The highest BCUT2D eigenvalue weighted by Crippen LogP contribution is 2.27. The number of likely N-dealkylation sites (N-methyl/N-ethyl adjacent to an activating group) is 1. The van der Waals surface area contributed by atoms with Crippen LogP contribution >= 0.6 is 23.2 Å². The van der Waals surface area contributed by atoms with Crippen LogP contribution in [0.2, 0.25) is 10.0 Å². The Morgan fingerprint density at radius 1 is 0.947 bits per heavy atom. The maximum atomic E-state index is 13.5. The number of nitrogens with one attached hydrogen (secondary N) is 1. The molecule has 3 rings (SSSR count). The highest BCUT2D eigenvalue weighted by atomic mass is 35.5. The van der Waals surface area contributed by atoms with Gasteiger partial charge in [-0.1, -0.05) is 47.5 Å². The lowest BCUT2D eigenvalue weighted by Crippen LogP contribution is -2.51. The van der Waals surface area contributed by atoms with Crippen LogP contribution in [0.3, 0.4) is 0 Å². The summed E-state index contributed by atoms with van der Waals surface area (Å²) in [5.41, 5.74) is 0.915. The number of halogens is 2. The van der Waals surface area contributed by atoms with Gasteiger partial charge in [0.05, 0.1) is 22.0 Å². The fraction of sp³-hybridized carbons (Fsp3) is 0.259. The van der Waals surface area contributed by atoms with Gasteiger partial charge >= 0.3 is 0 Å². The van der Waals surface area contributed by atoms with Crippen LogP contribution in [-0.2, 0) is 26.2 Å². The maximum absolute atomic E-state index is 13.5. The second kappa shape index (κ2) is 13.0. The van der Waals surface area contributed by atoms with E-state index in [0.717, 1.165) is 10.6 Å². The van der Waals surface area contributed by atoms with Crippen molar-refractivity contribution in [3.63, 3.8) is 0 Å². The molecule has 0 heterocycles. The van der Waals surface area contributed by atoms with Crippen molar-refractivity contribution in [2.75, 3.05) is 23.7 Å². The van der Waals surface area contributed by atoms with Crippen molar-refractivity contribution < 1.29 is 22.7 Å². The summed E-state index contributed by atoms with van der Waals surface area (Å²) >= 11 is 12.2. The second-order valence-electron chi connectivity index (χ2n) is 8.52. The Balaban J connectivity index is 1.87. The molecular weight excluding hydrogens is 549 g/mol. The largest absolute Gasteiger partial charge is 0.457 e. The summed E-state index contributed by atoms with van der Waals surface area (Å²) in [7, 11) is -3.85. The first-order chi connectivity index (χ1) is 18.0. The van der Waals surface area contributed by atoms with E-state index in [0.29, 0.717) is 33.7 Å². The van der Waals surface area contributed by atoms with E-state index >= 15 is 0 Å². The Morgan fingerprint density at radius 3 is 2.16 bits per heavy atom. The number of anilines is 1. The number of para-hydroxylation sites is 1. The number of carbonyl (C=O) groups excluding carboxylic acids is 2. The minimum absolute atomic E-state index is 0.0233. The van der Waals surface area contributed by atoms with E-state index < -0.39 is 28.5 Å². The third-order valence-corrected chi connectivity index (χ3v) is 7.52. The number of ether oxygens (including phenoxy) is 1. The van der Waals surface area contributed by atoms with Gasteiger partial charge in [0.25, 0.3) is 0 Å². The zero-order valence-corrected chi connectivity index (χ0v) is 23.6. The van der Waals surface area contributed by atoms with E-state index in [1.165, 1.54) is 4.90 Å². The molecule has 0 fully saturated rings. The van der Waals surface area contributed by atoms with Crippen molar-refractivity contribution in [2.24, 2.45) is 0 Å². The summed E-state index contributed by atoms with van der Waals surface area (Å²) in [4.78, 5) is 27.5. The molecule has 8 nitrogen and oxygen atoms in total. The number of sulfonamides is 1. The Labute approximate surface area is 233 Å². The molecule has 0 aromatic heterocycles. The summed E-state index contributed by atoms with van der Waals surface area (Å²) in [6, 6.07) is 19.5. The van der Waals surface area contributed by atoms with Crippen molar-refractivity contribution in [1.29, 1.82) is 0 Å². The molecule has 0 radical (unpaired) electrons. The van der Waals surface area contributed by atoms with Gasteiger partial charge in [0, 0.05) is 13.1 Å². The highest BCUT2D eigenvalue weighted by molar-refractivity contribution is 7.92. The molecule has 0 saturated heterocycles. The lowest BCUT2D eigenvalue weighted by atomic mass is 10.1. The smallest absolute Gasteiger partial charge is 0.244 e. The van der Waals surface area contributed by atoms with Gasteiger partial charge in [-0.3, -0.25) is 13.9 Å². The van der Waals surface area contributed by atoms with Crippen LogP contribution in [0.5, 0.6) is 11.5 Å². The van der Waals surface area contributed by atoms with E-state index in [1.54, 1.807) is 68.4 Å². The summed E-state index contributed by atoms with van der Waals surface area (Å²) in [6.07, 6.45) is 1.02. The van der Waals surface area contributed by atoms with Crippen molar-refractivity contribution >= 4 is 50.7 Å². The molecule has 0 aliphatic rings. The highest BCUT2D eigenvalue weighted by Gasteiger charge is 2.30. The first-order valence-corrected chi connectivity index (χ1v) is 14.4. The van der Waals surface area contributed by atoms with Crippen molar-refractivity contribution in [3.8, 4) is 11.5 Å². The normalized spacial score (nSPS) is 11.9. The van der Waals surface area contributed by atoms with Gasteiger partial charge in [-0.2, -0.15) is 0 Å². The topological polar surface area (TPSA) is 96.0 Å². The van der Waals surface area contributed by atoms with E-state index in [4.69, 9.17) is 27.9 Å². The predicted molar refractivity (Wildman–Crippen MR) is 150 cm³/mol. The zero-order valence-electron chi connectivity index (χ0n) is 21.2. The average Bonchev–Trinajstić information content (AvgIpc) is 2.88. The number of benzene rings is 3. The monoisotopic (exact) mass is 577 g/mol. The Morgan fingerprint density at radius 2 is 1.58 bits per heavy atom. The molecule has 0 spiro atoms. The molecule has 0 aliphatic carbocycles. The molecule has 0 bridgehead atoms. The van der Waals surface area contributed by atoms with Crippen molar-refractivity contribution in [1.82, 2.24) is 10.2 Å². The van der Waals surface area contributed by atoms with E-state index in [2.05, 4.69) is 5.32 Å². The van der Waals surface area contributed by atoms with Gasteiger partial charge < -0.3 is 15.0 Å². The fourth-order valence-electron chi connectivity index (χ4n) is 3.66. The van der Waals surface area contributed by atoms with Crippen LogP contribution in [-0.4, -0.2) is 50.5 Å². The minimum Gasteiger partial charge on any atom is -0.457 e. The van der Waals surface area contributed by atoms with Crippen LogP contribution < -0.4 is 14.4 Å². The molecule has 2 amide bonds.